The lowest BCUT2D eigenvalue weighted by atomic mass is 9.99. The molecule has 4 nitrogen and oxygen atoms in total. The molecule has 1 aromatic carbocycles. The van der Waals surface area contributed by atoms with E-state index in [9.17, 15) is 10.1 Å². The maximum Gasteiger partial charge on any atom is 0.269 e. The standard InChI is InChI=1S/C17H26N2O2/c1-4-5-6-7-10-18-16-9-8-15(19(20)21)11-14(16)12-17(18)13(2)3/h8-9,11,13,17H,4-7,10,12H2,1-3H3. The van der Waals surface area contributed by atoms with Gasteiger partial charge in [0.2, 0.25) is 0 Å². The van der Waals surface area contributed by atoms with Crippen molar-refractivity contribution in [1.82, 2.24) is 0 Å². The Labute approximate surface area is 127 Å². The van der Waals surface area contributed by atoms with Crippen LogP contribution in [0.1, 0.15) is 52.0 Å². The highest BCUT2D eigenvalue weighted by molar-refractivity contribution is 5.62. The first kappa shape index (κ1) is 15.8. The molecular formula is C17H26N2O2. The Balaban J connectivity index is 2.16. The SMILES string of the molecule is CCCCCCN1c2ccc([N+](=O)[O-])cc2CC1C(C)C. The smallest absolute Gasteiger partial charge is 0.269 e. The minimum absolute atomic E-state index is 0.212. The molecule has 2 rings (SSSR count). The van der Waals surface area contributed by atoms with Crippen molar-refractivity contribution in [2.45, 2.75) is 58.9 Å². The molecule has 1 heterocycles. The topological polar surface area (TPSA) is 46.4 Å². The molecular weight excluding hydrogens is 264 g/mol. The van der Waals surface area contributed by atoms with E-state index in [1.807, 2.05) is 6.07 Å². The van der Waals surface area contributed by atoms with Gasteiger partial charge in [-0.15, -0.1) is 0 Å². The van der Waals surface area contributed by atoms with Crippen molar-refractivity contribution in [2.24, 2.45) is 5.92 Å². The number of non-ortho nitro benzene ring substituents is 1. The lowest BCUT2D eigenvalue weighted by Gasteiger charge is -2.30. The maximum atomic E-state index is 10.9. The van der Waals surface area contributed by atoms with Crippen LogP contribution < -0.4 is 4.90 Å². The van der Waals surface area contributed by atoms with Crippen LogP contribution in [0.25, 0.3) is 0 Å². The molecule has 0 saturated carbocycles. The van der Waals surface area contributed by atoms with Gasteiger partial charge in [-0.3, -0.25) is 10.1 Å². The van der Waals surface area contributed by atoms with Gasteiger partial charge >= 0.3 is 0 Å². The van der Waals surface area contributed by atoms with Crippen molar-refractivity contribution < 1.29 is 4.92 Å². The summed E-state index contributed by atoms with van der Waals surface area (Å²) in [5.41, 5.74) is 2.55. The van der Waals surface area contributed by atoms with Crippen molar-refractivity contribution in [1.29, 1.82) is 0 Å². The summed E-state index contributed by atoms with van der Waals surface area (Å²) in [5, 5.41) is 10.9. The number of benzene rings is 1. The van der Waals surface area contributed by atoms with E-state index in [1.54, 1.807) is 12.1 Å². The molecule has 0 amide bonds. The van der Waals surface area contributed by atoms with Crippen molar-refractivity contribution in [3.8, 4) is 0 Å². The van der Waals surface area contributed by atoms with E-state index in [0.29, 0.717) is 12.0 Å². The summed E-state index contributed by atoms with van der Waals surface area (Å²) in [6.07, 6.45) is 5.93. The first-order chi connectivity index (χ1) is 10.0. The highest BCUT2D eigenvalue weighted by atomic mass is 16.6. The molecule has 4 heteroatoms. The van der Waals surface area contributed by atoms with Gasteiger partial charge < -0.3 is 4.90 Å². The molecule has 0 aromatic heterocycles. The van der Waals surface area contributed by atoms with Gasteiger partial charge in [-0.05, 0) is 30.4 Å². The number of nitro benzene ring substituents is 1. The second-order valence-electron chi connectivity index (χ2n) is 6.34. The predicted molar refractivity (Wildman–Crippen MR) is 86.9 cm³/mol. The van der Waals surface area contributed by atoms with Crippen LogP contribution in [-0.2, 0) is 6.42 Å². The van der Waals surface area contributed by atoms with Crippen LogP contribution >= 0.6 is 0 Å². The molecule has 0 aliphatic carbocycles. The highest BCUT2D eigenvalue weighted by Crippen LogP contribution is 2.37. The van der Waals surface area contributed by atoms with E-state index in [0.717, 1.165) is 18.5 Å². The number of fused-ring (bicyclic) bond motifs is 1. The van der Waals surface area contributed by atoms with Gasteiger partial charge in [0.05, 0.1) is 4.92 Å². The fourth-order valence-corrected chi connectivity index (χ4v) is 3.23. The first-order valence-electron chi connectivity index (χ1n) is 8.08. The van der Waals surface area contributed by atoms with Gasteiger partial charge in [0, 0.05) is 30.4 Å². The molecule has 116 valence electrons. The maximum absolute atomic E-state index is 10.9. The second-order valence-corrected chi connectivity index (χ2v) is 6.34. The van der Waals surface area contributed by atoms with Crippen molar-refractivity contribution >= 4 is 11.4 Å². The lowest BCUT2D eigenvalue weighted by Crippen LogP contribution is -2.36. The number of nitrogens with zero attached hydrogens (tertiary/aromatic N) is 2. The molecule has 1 aliphatic heterocycles. The molecule has 0 radical (unpaired) electrons. The van der Waals surface area contributed by atoms with Crippen molar-refractivity contribution in [3.63, 3.8) is 0 Å². The summed E-state index contributed by atoms with van der Waals surface area (Å²) >= 11 is 0. The van der Waals surface area contributed by atoms with Crippen molar-refractivity contribution in [3.05, 3.63) is 33.9 Å². The number of nitro groups is 1. The van der Waals surface area contributed by atoms with Crippen LogP contribution in [0, 0.1) is 16.0 Å². The average Bonchev–Trinajstić information content (AvgIpc) is 2.81. The minimum Gasteiger partial charge on any atom is -0.368 e. The molecule has 0 fully saturated rings. The zero-order valence-corrected chi connectivity index (χ0v) is 13.3. The highest BCUT2D eigenvalue weighted by Gasteiger charge is 2.31. The third-order valence-electron chi connectivity index (χ3n) is 4.43. The Morgan fingerprint density at radius 3 is 2.71 bits per heavy atom. The number of rotatable bonds is 7. The molecule has 1 aromatic rings. The molecule has 1 aliphatic rings. The van der Waals surface area contributed by atoms with Gasteiger partial charge in [-0.25, -0.2) is 0 Å². The first-order valence-corrected chi connectivity index (χ1v) is 8.08. The Bertz CT molecular complexity index is 500. The zero-order valence-electron chi connectivity index (χ0n) is 13.3. The quantitative estimate of drug-likeness (QED) is 0.420. The Morgan fingerprint density at radius 1 is 1.33 bits per heavy atom. The van der Waals surface area contributed by atoms with Crippen LogP contribution in [0.2, 0.25) is 0 Å². The van der Waals surface area contributed by atoms with Gasteiger partial charge in [-0.1, -0.05) is 40.0 Å². The molecule has 0 bridgehead atoms. The van der Waals surface area contributed by atoms with Gasteiger partial charge in [0.15, 0.2) is 0 Å². The molecule has 21 heavy (non-hydrogen) atoms. The predicted octanol–water partition coefficient (Wildman–Crippen LogP) is 4.56. The summed E-state index contributed by atoms with van der Waals surface area (Å²) in [5.74, 6) is 0.558. The fourth-order valence-electron chi connectivity index (χ4n) is 3.23. The Kier molecular flexibility index (Phi) is 5.21. The number of anilines is 1. The monoisotopic (exact) mass is 290 g/mol. The van der Waals surface area contributed by atoms with Gasteiger partial charge in [-0.2, -0.15) is 0 Å². The second kappa shape index (κ2) is 6.92. The fraction of sp³-hybridized carbons (Fsp3) is 0.647. The normalized spacial score (nSPS) is 17.3. The lowest BCUT2D eigenvalue weighted by molar-refractivity contribution is -0.384. The molecule has 0 spiro atoms. The van der Waals surface area contributed by atoms with Gasteiger partial charge in [0.25, 0.3) is 5.69 Å². The molecule has 0 saturated heterocycles. The van der Waals surface area contributed by atoms with Crippen LogP contribution in [0.3, 0.4) is 0 Å². The average molecular weight is 290 g/mol. The largest absolute Gasteiger partial charge is 0.368 e. The van der Waals surface area contributed by atoms with Crippen LogP contribution in [0.4, 0.5) is 11.4 Å². The van der Waals surface area contributed by atoms with Crippen LogP contribution in [0.5, 0.6) is 0 Å². The molecule has 1 atom stereocenters. The Hall–Kier alpha value is -1.58. The number of hydrogen-bond donors (Lipinski definition) is 0. The number of unbranched alkanes of at least 4 members (excludes halogenated alkanes) is 3. The van der Waals surface area contributed by atoms with Crippen LogP contribution in [-0.4, -0.2) is 17.5 Å². The van der Waals surface area contributed by atoms with Crippen LogP contribution in [0.15, 0.2) is 18.2 Å². The zero-order chi connectivity index (χ0) is 15.4. The van der Waals surface area contributed by atoms with E-state index in [1.165, 1.54) is 31.4 Å². The van der Waals surface area contributed by atoms with Gasteiger partial charge in [0.1, 0.15) is 0 Å². The minimum atomic E-state index is -0.297. The van der Waals surface area contributed by atoms with Crippen molar-refractivity contribution in [2.75, 3.05) is 11.4 Å². The summed E-state index contributed by atoms with van der Waals surface area (Å²) < 4.78 is 0. The van der Waals surface area contributed by atoms with E-state index in [2.05, 4.69) is 25.7 Å². The number of hydrogen-bond acceptors (Lipinski definition) is 3. The summed E-state index contributed by atoms with van der Waals surface area (Å²) in [6.45, 7) is 7.77. The Morgan fingerprint density at radius 2 is 2.10 bits per heavy atom. The molecule has 1 unspecified atom stereocenters. The van der Waals surface area contributed by atoms with E-state index in [4.69, 9.17) is 0 Å². The summed E-state index contributed by atoms with van der Waals surface area (Å²) in [4.78, 5) is 13.1. The third kappa shape index (κ3) is 3.55. The molecule has 0 N–H and O–H groups in total. The third-order valence-corrected chi connectivity index (χ3v) is 4.43. The van der Waals surface area contributed by atoms with E-state index in [-0.39, 0.29) is 10.6 Å². The summed E-state index contributed by atoms with van der Waals surface area (Å²) in [7, 11) is 0. The van der Waals surface area contributed by atoms with E-state index >= 15 is 0 Å². The summed E-state index contributed by atoms with van der Waals surface area (Å²) in [6, 6.07) is 5.82. The van der Waals surface area contributed by atoms with E-state index < -0.39 is 0 Å².